The third-order valence-electron chi connectivity index (χ3n) is 3.81. The van der Waals surface area contributed by atoms with E-state index >= 15 is 0 Å². The second kappa shape index (κ2) is 6.87. The third kappa shape index (κ3) is 3.93. The van der Waals surface area contributed by atoms with E-state index in [9.17, 15) is 14.7 Å². The first-order valence-corrected chi connectivity index (χ1v) is 8.08. The number of carbonyl (C=O) groups excluding carboxylic acids is 1. The van der Waals surface area contributed by atoms with Gasteiger partial charge in [0.1, 0.15) is 5.75 Å². The molecule has 120 valence electrons. The summed E-state index contributed by atoms with van der Waals surface area (Å²) in [6.07, 6.45) is 1.25. The zero-order valence-corrected chi connectivity index (χ0v) is 14.5. The fourth-order valence-corrected chi connectivity index (χ4v) is 3.18. The molecule has 0 aromatic heterocycles. The van der Waals surface area contributed by atoms with E-state index in [1.807, 2.05) is 0 Å². The Morgan fingerprint density at radius 3 is 2.86 bits per heavy atom. The fourth-order valence-electron chi connectivity index (χ4n) is 2.45. The second-order valence-corrected chi connectivity index (χ2v) is 6.97. The average molecular weight is 391 g/mol. The SMILES string of the molecule is CC1(C(=O)O)CCCN(C(=O)COc2ccc(Br)cc2Cl)C1. The number of amides is 1. The number of benzene rings is 1. The molecule has 22 heavy (non-hydrogen) atoms. The van der Waals surface area contributed by atoms with Crippen LogP contribution in [0, 0.1) is 5.41 Å². The van der Waals surface area contributed by atoms with E-state index in [0.29, 0.717) is 30.2 Å². The lowest BCUT2D eigenvalue weighted by molar-refractivity contribution is -0.153. The van der Waals surface area contributed by atoms with E-state index in [0.717, 1.165) is 4.47 Å². The predicted octanol–water partition coefficient (Wildman–Crippen LogP) is 3.19. The van der Waals surface area contributed by atoms with Gasteiger partial charge in [-0.3, -0.25) is 9.59 Å². The lowest BCUT2D eigenvalue weighted by Crippen LogP contribution is -2.49. The molecule has 1 amide bonds. The highest BCUT2D eigenvalue weighted by Crippen LogP contribution is 2.30. The van der Waals surface area contributed by atoms with Crippen LogP contribution in [0.1, 0.15) is 19.8 Å². The van der Waals surface area contributed by atoms with E-state index in [4.69, 9.17) is 16.3 Å². The molecule has 1 N–H and O–H groups in total. The van der Waals surface area contributed by atoms with Crippen molar-refractivity contribution in [3.63, 3.8) is 0 Å². The van der Waals surface area contributed by atoms with Gasteiger partial charge in [0.05, 0.1) is 10.4 Å². The van der Waals surface area contributed by atoms with E-state index in [1.54, 1.807) is 30.0 Å². The van der Waals surface area contributed by atoms with Crippen LogP contribution >= 0.6 is 27.5 Å². The van der Waals surface area contributed by atoms with Crippen LogP contribution in [0.4, 0.5) is 0 Å². The van der Waals surface area contributed by atoms with Crippen molar-refractivity contribution in [3.8, 4) is 5.75 Å². The normalized spacial score (nSPS) is 21.5. The topological polar surface area (TPSA) is 66.8 Å². The minimum absolute atomic E-state index is 0.156. The standard InChI is InChI=1S/C15H17BrClNO4/c1-15(14(20)21)5-2-6-18(9-15)13(19)8-22-12-4-3-10(16)7-11(12)17/h3-4,7H,2,5-6,8-9H2,1H3,(H,20,21). The molecule has 0 spiro atoms. The monoisotopic (exact) mass is 389 g/mol. The molecule has 0 radical (unpaired) electrons. The Hall–Kier alpha value is -1.27. The summed E-state index contributed by atoms with van der Waals surface area (Å²) in [5.74, 6) is -0.677. The van der Waals surface area contributed by atoms with Crippen LogP contribution in [0.2, 0.25) is 5.02 Å². The van der Waals surface area contributed by atoms with Gasteiger partial charge in [0.2, 0.25) is 0 Å². The van der Waals surface area contributed by atoms with Gasteiger partial charge >= 0.3 is 5.97 Å². The van der Waals surface area contributed by atoms with Gasteiger partial charge in [-0.1, -0.05) is 27.5 Å². The highest BCUT2D eigenvalue weighted by atomic mass is 79.9. The molecule has 1 aliphatic rings. The van der Waals surface area contributed by atoms with Gasteiger partial charge in [-0.15, -0.1) is 0 Å². The maximum Gasteiger partial charge on any atom is 0.311 e. The number of ether oxygens (including phenoxy) is 1. The molecular formula is C15H17BrClNO4. The van der Waals surface area contributed by atoms with Crippen molar-refractivity contribution >= 4 is 39.4 Å². The van der Waals surface area contributed by atoms with Crippen LogP contribution in [0.25, 0.3) is 0 Å². The Bertz CT molecular complexity index is 595. The van der Waals surface area contributed by atoms with Gasteiger partial charge in [-0.2, -0.15) is 0 Å². The van der Waals surface area contributed by atoms with Crippen LogP contribution in [0.15, 0.2) is 22.7 Å². The molecule has 1 unspecified atom stereocenters. The van der Waals surface area contributed by atoms with Crippen molar-refractivity contribution in [2.75, 3.05) is 19.7 Å². The van der Waals surface area contributed by atoms with E-state index < -0.39 is 11.4 Å². The summed E-state index contributed by atoms with van der Waals surface area (Å²) in [5.41, 5.74) is -0.886. The zero-order chi connectivity index (χ0) is 16.3. The molecule has 1 heterocycles. The number of carboxylic acid groups (broad SMARTS) is 1. The van der Waals surface area contributed by atoms with Gasteiger partial charge in [0.25, 0.3) is 5.91 Å². The highest BCUT2D eigenvalue weighted by Gasteiger charge is 2.39. The van der Waals surface area contributed by atoms with E-state index in [1.165, 1.54) is 0 Å². The van der Waals surface area contributed by atoms with E-state index in [-0.39, 0.29) is 19.1 Å². The van der Waals surface area contributed by atoms with Crippen molar-refractivity contribution < 1.29 is 19.4 Å². The quantitative estimate of drug-likeness (QED) is 0.857. The van der Waals surface area contributed by atoms with Crippen LogP contribution in [0.5, 0.6) is 5.75 Å². The summed E-state index contributed by atoms with van der Waals surface area (Å²) >= 11 is 9.32. The first-order valence-electron chi connectivity index (χ1n) is 6.91. The van der Waals surface area contributed by atoms with Gasteiger partial charge in [-0.25, -0.2) is 0 Å². The molecule has 1 aromatic carbocycles. The summed E-state index contributed by atoms with van der Waals surface area (Å²) < 4.78 is 6.27. The minimum atomic E-state index is -0.886. The number of nitrogens with zero attached hydrogens (tertiary/aromatic N) is 1. The summed E-state index contributed by atoms with van der Waals surface area (Å²) in [6.45, 7) is 2.27. The number of hydrogen-bond acceptors (Lipinski definition) is 3. The van der Waals surface area contributed by atoms with Crippen LogP contribution < -0.4 is 4.74 Å². The Morgan fingerprint density at radius 1 is 1.50 bits per heavy atom. The molecule has 0 bridgehead atoms. The maximum atomic E-state index is 12.2. The number of carboxylic acids is 1. The average Bonchev–Trinajstić information content (AvgIpc) is 2.46. The molecular weight excluding hydrogens is 374 g/mol. The number of carbonyl (C=O) groups is 2. The first kappa shape index (κ1) is 17.1. The third-order valence-corrected chi connectivity index (χ3v) is 4.60. The lowest BCUT2D eigenvalue weighted by Gasteiger charge is -2.37. The summed E-state index contributed by atoms with van der Waals surface area (Å²) in [5, 5.41) is 9.69. The smallest absolute Gasteiger partial charge is 0.311 e. The summed E-state index contributed by atoms with van der Waals surface area (Å²) in [7, 11) is 0. The largest absolute Gasteiger partial charge is 0.482 e. The number of halogens is 2. The molecule has 5 nitrogen and oxygen atoms in total. The summed E-state index contributed by atoms with van der Waals surface area (Å²) in [4.78, 5) is 25.1. The van der Waals surface area contributed by atoms with Crippen molar-refractivity contribution in [2.45, 2.75) is 19.8 Å². The molecule has 1 aromatic rings. The van der Waals surface area contributed by atoms with Crippen molar-refractivity contribution in [2.24, 2.45) is 5.41 Å². The molecule has 0 aliphatic carbocycles. The minimum Gasteiger partial charge on any atom is -0.482 e. The van der Waals surface area contributed by atoms with Crippen molar-refractivity contribution in [1.29, 1.82) is 0 Å². The number of rotatable bonds is 4. The van der Waals surface area contributed by atoms with Crippen LogP contribution in [0.3, 0.4) is 0 Å². The predicted molar refractivity (Wildman–Crippen MR) is 86.2 cm³/mol. The van der Waals surface area contributed by atoms with Crippen molar-refractivity contribution in [3.05, 3.63) is 27.7 Å². The van der Waals surface area contributed by atoms with Gasteiger partial charge in [0, 0.05) is 17.6 Å². The number of likely N-dealkylation sites (tertiary alicyclic amines) is 1. The van der Waals surface area contributed by atoms with Crippen LogP contribution in [-0.2, 0) is 9.59 Å². The molecule has 0 saturated carbocycles. The molecule has 2 rings (SSSR count). The molecule has 1 fully saturated rings. The number of hydrogen-bond donors (Lipinski definition) is 1. The van der Waals surface area contributed by atoms with Gasteiger partial charge < -0.3 is 14.7 Å². The number of aliphatic carboxylic acids is 1. The second-order valence-electron chi connectivity index (χ2n) is 5.65. The lowest BCUT2D eigenvalue weighted by atomic mass is 9.82. The Kier molecular flexibility index (Phi) is 5.34. The number of piperidine rings is 1. The summed E-state index contributed by atoms with van der Waals surface area (Å²) in [6, 6.07) is 5.13. The van der Waals surface area contributed by atoms with Gasteiger partial charge in [0.15, 0.2) is 6.61 Å². The molecule has 7 heteroatoms. The van der Waals surface area contributed by atoms with Crippen LogP contribution in [-0.4, -0.2) is 41.6 Å². The van der Waals surface area contributed by atoms with E-state index in [2.05, 4.69) is 15.9 Å². The highest BCUT2D eigenvalue weighted by molar-refractivity contribution is 9.10. The maximum absolute atomic E-state index is 12.2. The Morgan fingerprint density at radius 2 is 2.23 bits per heavy atom. The van der Waals surface area contributed by atoms with Crippen molar-refractivity contribution in [1.82, 2.24) is 4.90 Å². The zero-order valence-electron chi connectivity index (χ0n) is 12.1. The van der Waals surface area contributed by atoms with Gasteiger partial charge in [-0.05, 0) is 38.0 Å². The Balaban J connectivity index is 1.96. The fraction of sp³-hybridized carbons (Fsp3) is 0.467. The Labute approximate surface area is 142 Å². The first-order chi connectivity index (χ1) is 10.3. The molecule has 1 atom stereocenters. The molecule has 1 aliphatic heterocycles. The molecule has 1 saturated heterocycles.